The van der Waals surface area contributed by atoms with Crippen molar-refractivity contribution in [1.29, 1.82) is 5.41 Å². The zero-order chi connectivity index (χ0) is 17.8. The third-order valence-electron chi connectivity index (χ3n) is 3.52. The Morgan fingerprint density at radius 2 is 1.96 bits per heavy atom. The van der Waals surface area contributed by atoms with Gasteiger partial charge in [0.05, 0.1) is 18.8 Å². The molecular formula is C17H16N6O2. The molecule has 0 radical (unpaired) electrons. The smallest absolute Gasteiger partial charge is 0.191 e. The summed E-state index contributed by atoms with van der Waals surface area (Å²) >= 11 is 0. The Morgan fingerprint density at radius 3 is 2.76 bits per heavy atom. The molecule has 0 spiro atoms. The zero-order valence-electron chi connectivity index (χ0n) is 13.4. The molecule has 0 unspecified atom stereocenters. The number of nitrogens with zero attached hydrogens (tertiary/aromatic N) is 4. The molecule has 0 aliphatic carbocycles. The Labute approximate surface area is 143 Å². The summed E-state index contributed by atoms with van der Waals surface area (Å²) in [5.41, 5.74) is 7.28. The van der Waals surface area contributed by atoms with Crippen molar-refractivity contribution in [2.75, 3.05) is 7.11 Å². The SMILES string of the molecule is COc1ccccc1/C=N/N=C(\N)c1nc2ccccc2n(O)c1=N. The minimum atomic E-state index is -0.271. The monoisotopic (exact) mass is 336 g/mol. The van der Waals surface area contributed by atoms with Crippen molar-refractivity contribution in [2.45, 2.75) is 0 Å². The van der Waals surface area contributed by atoms with Gasteiger partial charge in [0.15, 0.2) is 17.0 Å². The second-order valence-electron chi connectivity index (χ2n) is 5.08. The summed E-state index contributed by atoms with van der Waals surface area (Å²) in [6.45, 7) is 0. The fraction of sp³-hybridized carbons (Fsp3) is 0.0588. The number of para-hydroxylation sites is 3. The van der Waals surface area contributed by atoms with E-state index in [0.29, 0.717) is 21.5 Å². The van der Waals surface area contributed by atoms with Crippen LogP contribution in [0.4, 0.5) is 0 Å². The van der Waals surface area contributed by atoms with E-state index in [2.05, 4.69) is 15.2 Å². The van der Waals surface area contributed by atoms with Crippen molar-refractivity contribution in [3.8, 4) is 5.75 Å². The summed E-state index contributed by atoms with van der Waals surface area (Å²) in [5, 5.41) is 25.9. The van der Waals surface area contributed by atoms with Gasteiger partial charge < -0.3 is 15.7 Å². The van der Waals surface area contributed by atoms with Gasteiger partial charge in [-0.15, -0.1) is 5.10 Å². The van der Waals surface area contributed by atoms with Gasteiger partial charge in [-0.2, -0.15) is 9.83 Å². The van der Waals surface area contributed by atoms with E-state index in [1.807, 2.05) is 18.2 Å². The van der Waals surface area contributed by atoms with Crippen molar-refractivity contribution in [2.24, 2.45) is 15.9 Å². The van der Waals surface area contributed by atoms with Gasteiger partial charge in [-0.1, -0.05) is 24.3 Å². The molecule has 0 amide bonds. The molecule has 0 bridgehead atoms. The average Bonchev–Trinajstić information content (AvgIpc) is 2.65. The van der Waals surface area contributed by atoms with Crippen molar-refractivity contribution in [3.05, 3.63) is 65.3 Å². The van der Waals surface area contributed by atoms with Gasteiger partial charge in [0.2, 0.25) is 0 Å². The number of hydrogen-bond donors (Lipinski definition) is 3. The Morgan fingerprint density at radius 1 is 1.24 bits per heavy atom. The number of rotatable bonds is 4. The molecule has 3 rings (SSSR count). The van der Waals surface area contributed by atoms with E-state index in [9.17, 15) is 5.21 Å². The largest absolute Gasteiger partial charge is 0.496 e. The van der Waals surface area contributed by atoms with Crippen molar-refractivity contribution in [1.82, 2.24) is 9.71 Å². The zero-order valence-corrected chi connectivity index (χ0v) is 13.4. The maximum Gasteiger partial charge on any atom is 0.191 e. The molecule has 4 N–H and O–H groups in total. The second-order valence-corrected chi connectivity index (χ2v) is 5.08. The minimum absolute atomic E-state index is 0.0402. The number of hydrogen-bond acceptors (Lipinski definition) is 6. The second kappa shape index (κ2) is 6.83. The highest BCUT2D eigenvalue weighted by atomic mass is 16.5. The quantitative estimate of drug-likeness (QED) is 0.289. The molecule has 0 atom stereocenters. The third-order valence-corrected chi connectivity index (χ3v) is 3.52. The lowest BCUT2D eigenvalue weighted by molar-refractivity contribution is 0.183. The van der Waals surface area contributed by atoms with Crippen LogP contribution in [0.5, 0.6) is 5.75 Å². The molecular weight excluding hydrogens is 320 g/mol. The van der Waals surface area contributed by atoms with Gasteiger partial charge in [0.25, 0.3) is 0 Å². The van der Waals surface area contributed by atoms with Gasteiger partial charge in [0.1, 0.15) is 11.3 Å². The first-order valence-corrected chi connectivity index (χ1v) is 7.37. The van der Waals surface area contributed by atoms with Crippen LogP contribution in [0.1, 0.15) is 11.3 Å². The molecule has 2 aromatic carbocycles. The third kappa shape index (κ3) is 3.18. The molecule has 126 valence electrons. The van der Waals surface area contributed by atoms with Crippen LogP contribution in [0.15, 0.2) is 58.7 Å². The first-order valence-electron chi connectivity index (χ1n) is 7.37. The standard InChI is InChI=1S/C17H16N6O2/c1-25-14-9-5-2-6-11(14)10-20-22-16(18)15-17(19)23(24)13-8-4-3-7-12(13)21-15/h2-10,19,24H,1H3,(H2,18,22)/b19-17?,20-10+. The molecule has 8 heteroatoms. The molecule has 0 aliphatic heterocycles. The van der Waals surface area contributed by atoms with Crippen LogP contribution in [0.2, 0.25) is 0 Å². The highest BCUT2D eigenvalue weighted by Gasteiger charge is 2.10. The molecule has 1 aromatic heterocycles. The lowest BCUT2D eigenvalue weighted by Crippen LogP contribution is -2.31. The first kappa shape index (κ1) is 16.2. The molecule has 1 heterocycles. The van der Waals surface area contributed by atoms with Crippen LogP contribution in [0.25, 0.3) is 11.0 Å². The highest BCUT2D eigenvalue weighted by molar-refractivity contribution is 5.97. The number of benzene rings is 2. The highest BCUT2D eigenvalue weighted by Crippen LogP contribution is 2.14. The molecule has 0 saturated heterocycles. The Bertz CT molecular complexity index is 1040. The fourth-order valence-electron chi connectivity index (χ4n) is 2.28. The Hall–Kier alpha value is -3.68. The van der Waals surface area contributed by atoms with E-state index >= 15 is 0 Å². The van der Waals surface area contributed by atoms with Crippen LogP contribution in [-0.4, -0.2) is 34.1 Å². The summed E-state index contributed by atoms with van der Waals surface area (Å²) < 4.78 is 5.93. The van der Waals surface area contributed by atoms with E-state index in [1.54, 1.807) is 37.4 Å². The summed E-state index contributed by atoms with van der Waals surface area (Å²) in [7, 11) is 1.57. The van der Waals surface area contributed by atoms with Gasteiger partial charge in [0, 0.05) is 5.56 Å². The van der Waals surface area contributed by atoms with Crippen molar-refractivity contribution >= 4 is 23.1 Å². The number of amidine groups is 1. The number of nitrogens with one attached hydrogen (secondary N) is 1. The number of fused-ring (bicyclic) bond motifs is 1. The van der Waals surface area contributed by atoms with Gasteiger partial charge >= 0.3 is 0 Å². The number of methoxy groups -OCH3 is 1. The molecule has 8 nitrogen and oxygen atoms in total. The maximum absolute atomic E-state index is 10.1. The van der Waals surface area contributed by atoms with E-state index in [-0.39, 0.29) is 17.0 Å². The summed E-state index contributed by atoms with van der Waals surface area (Å²) in [6, 6.07) is 14.2. The van der Waals surface area contributed by atoms with E-state index in [4.69, 9.17) is 15.9 Å². The lowest BCUT2D eigenvalue weighted by atomic mass is 10.2. The van der Waals surface area contributed by atoms with Crippen molar-refractivity contribution in [3.63, 3.8) is 0 Å². The first-order chi connectivity index (χ1) is 12.1. The van der Waals surface area contributed by atoms with Gasteiger partial charge in [-0.3, -0.25) is 5.41 Å². The number of nitrogens with two attached hydrogens (primary N) is 1. The van der Waals surface area contributed by atoms with Crippen LogP contribution >= 0.6 is 0 Å². The summed E-state index contributed by atoms with van der Waals surface area (Å²) in [4.78, 5) is 4.27. The topological polar surface area (TPSA) is 122 Å². The van der Waals surface area contributed by atoms with Gasteiger partial charge in [-0.05, 0) is 24.3 Å². The molecule has 0 saturated carbocycles. The fourth-order valence-corrected chi connectivity index (χ4v) is 2.28. The lowest BCUT2D eigenvalue weighted by Gasteiger charge is -2.07. The van der Waals surface area contributed by atoms with Crippen LogP contribution in [-0.2, 0) is 0 Å². The van der Waals surface area contributed by atoms with Gasteiger partial charge in [-0.25, -0.2) is 4.98 Å². The van der Waals surface area contributed by atoms with E-state index in [0.717, 1.165) is 5.56 Å². The predicted octanol–water partition coefficient (Wildman–Crippen LogP) is 1.50. The molecule has 0 fully saturated rings. The maximum atomic E-state index is 10.1. The van der Waals surface area contributed by atoms with E-state index < -0.39 is 0 Å². The number of aromatic nitrogens is 2. The van der Waals surface area contributed by atoms with E-state index in [1.165, 1.54) is 6.21 Å². The normalized spacial score (nSPS) is 12.0. The molecule has 3 aromatic rings. The molecule has 0 aliphatic rings. The summed E-state index contributed by atoms with van der Waals surface area (Å²) in [5.74, 6) is 0.572. The van der Waals surface area contributed by atoms with Crippen molar-refractivity contribution < 1.29 is 9.94 Å². The van der Waals surface area contributed by atoms with Crippen LogP contribution in [0.3, 0.4) is 0 Å². The Kier molecular flexibility index (Phi) is 4.42. The van der Waals surface area contributed by atoms with Crippen LogP contribution in [0, 0.1) is 5.41 Å². The minimum Gasteiger partial charge on any atom is -0.496 e. The molecule has 25 heavy (non-hydrogen) atoms. The Balaban J connectivity index is 1.98. The van der Waals surface area contributed by atoms with Crippen LogP contribution < -0.4 is 16.0 Å². The summed E-state index contributed by atoms with van der Waals surface area (Å²) in [6.07, 6.45) is 1.49. The predicted molar refractivity (Wildman–Crippen MR) is 94.1 cm³/mol. The number of ether oxygens (including phenoxy) is 1. The average molecular weight is 336 g/mol.